The molecule has 0 saturated carbocycles. The van der Waals surface area contributed by atoms with E-state index in [4.69, 9.17) is 4.52 Å². The molecule has 1 aromatic carbocycles. The number of hydrogen-bond donors (Lipinski definition) is 1. The van der Waals surface area contributed by atoms with Gasteiger partial charge in [0.1, 0.15) is 5.76 Å². The average Bonchev–Trinajstić information content (AvgIpc) is 2.78. The molecule has 1 amide bonds. The zero-order chi connectivity index (χ0) is 13.1. The first-order chi connectivity index (χ1) is 8.56. The van der Waals surface area contributed by atoms with E-state index >= 15 is 0 Å². The first-order valence-electron chi connectivity index (χ1n) is 5.91. The Kier molecular flexibility index (Phi) is 3.46. The maximum Gasteiger partial charge on any atom is 0.277 e. The Morgan fingerprint density at radius 2 is 2.11 bits per heavy atom. The number of nitrogens with one attached hydrogen (secondary N) is 1. The van der Waals surface area contributed by atoms with Gasteiger partial charge in [0.05, 0.1) is 0 Å². The van der Waals surface area contributed by atoms with E-state index in [0.29, 0.717) is 11.5 Å². The van der Waals surface area contributed by atoms with Gasteiger partial charge in [0.2, 0.25) is 0 Å². The van der Waals surface area contributed by atoms with E-state index < -0.39 is 0 Å². The Balaban J connectivity index is 2.12. The summed E-state index contributed by atoms with van der Waals surface area (Å²) < 4.78 is 5.10. The van der Waals surface area contributed by atoms with Gasteiger partial charge in [-0.2, -0.15) is 0 Å². The first kappa shape index (κ1) is 12.4. The van der Waals surface area contributed by atoms with Crippen molar-refractivity contribution in [2.45, 2.75) is 26.7 Å². The van der Waals surface area contributed by atoms with Crippen LogP contribution in [0.2, 0.25) is 0 Å². The minimum atomic E-state index is -0.253. The standard InChI is InChI=1S/C14H16N2O2/c1-9(2)13-8-12(16-18-13)14(17)15-11-6-4-5-10(3)7-11/h4-9H,1-3H3,(H,15,17). The number of amides is 1. The SMILES string of the molecule is Cc1cccc(NC(=O)c2cc(C(C)C)on2)c1. The third-order valence-corrected chi connectivity index (χ3v) is 2.61. The lowest BCUT2D eigenvalue weighted by Crippen LogP contribution is -2.12. The highest BCUT2D eigenvalue weighted by Crippen LogP contribution is 2.16. The van der Waals surface area contributed by atoms with Gasteiger partial charge in [-0.1, -0.05) is 31.1 Å². The van der Waals surface area contributed by atoms with Crippen molar-refractivity contribution in [3.8, 4) is 0 Å². The number of anilines is 1. The lowest BCUT2D eigenvalue weighted by atomic mass is 10.1. The molecule has 0 unspecified atom stereocenters. The molecule has 0 radical (unpaired) electrons. The van der Waals surface area contributed by atoms with Gasteiger partial charge < -0.3 is 9.84 Å². The largest absolute Gasteiger partial charge is 0.360 e. The quantitative estimate of drug-likeness (QED) is 0.900. The van der Waals surface area contributed by atoms with Gasteiger partial charge >= 0.3 is 0 Å². The van der Waals surface area contributed by atoms with E-state index in [0.717, 1.165) is 11.3 Å². The molecule has 0 fully saturated rings. The van der Waals surface area contributed by atoms with E-state index in [1.54, 1.807) is 6.07 Å². The highest BCUT2D eigenvalue weighted by Gasteiger charge is 2.14. The Bertz CT molecular complexity index is 558. The molecule has 4 heteroatoms. The summed E-state index contributed by atoms with van der Waals surface area (Å²) in [5.41, 5.74) is 2.16. The van der Waals surface area contributed by atoms with Crippen LogP contribution < -0.4 is 5.32 Å². The minimum Gasteiger partial charge on any atom is -0.360 e. The van der Waals surface area contributed by atoms with Crippen molar-refractivity contribution in [2.75, 3.05) is 5.32 Å². The molecule has 94 valence electrons. The van der Waals surface area contributed by atoms with Crippen molar-refractivity contribution in [2.24, 2.45) is 0 Å². The summed E-state index contributed by atoms with van der Waals surface area (Å²) in [5.74, 6) is 0.679. The van der Waals surface area contributed by atoms with Gasteiger partial charge in [-0.3, -0.25) is 4.79 Å². The van der Waals surface area contributed by atoms with Crippen LogP contribution in [0, 0.1) is 6.92 Å². The molecule has 18 heavy (non-hydrogen) atoms. The molecule has 0 aliphatic heterocycles. The molecule has 1 aromatic heterocycles. The molecule has 0 saturated heterocycles. The van der Waals surface area contributed by atoms with E-state index in [1.807, 2.05) is 45.0 Å². The van der Waals surface area contributed by atoms with Crippen molar-refractivity contribution in [3.63, 3.8) is 0 Å². The molecule has 0 spiro atoms. The van der Waals surface area contributed by atoms with Crippen molar-refractivity contribution in [1.82, 2.24) is 5.16 Å². The van der Waals surface area contributed by atoms with Gasteiger partial charge in [0.15, 0.2) is 5.69 Å². The number of hydrogen-bond acceptors (Lipinski definition) is 3. The summed E-state index contributed by atoms with van der Waals surface area (Å²) in [4.78, 5) is 11.9. The van der Waals surface area contributed by atoms with Gasteiger partial charge in [0, 0.05) is 17.7 Å². The summed E-state index contributed by atoms with van der Waals surface area (Å²) in [5, 5.41) is 6.56. The maximum atomic E-state index is 11.9. The number of nitrogens with zero attached hydrogens (tertiary/aromatic N) is 1. The Hall–Kier alpha value is -2.10. The fourth-order valence-corrected chi connectivity index (χ4v) is 1.59. The lowest BCUT2D eigenvalue weighted by Gasteiger charge is -2.03. The predicted octanol–water partition coefficient (Wildman–Crippen LogP) is 3.36. The Labute approximate surface area is 106 Å². The molecule has 4 nitrogen and oxygen atoms in total. The van der Waals surface area contributed by atoms with Gasteiger partial charge in [-0.15, -0.1) is 0 Å². The maximum absolute atomic E-state index is 11.9. The predicted molar refractivity (Wildman–Crippen MR) is 69.7 cm³/mol. The van der Waals surface area contributed by atoms with Crippen LogP contribution in [0.1, 0.15) is 41.6 Å². The molecule has 0 bridgehead atoms. The van der Waals surface area contributed by atoms with Crippen molar-refractivity contribution < 1.29 is 9.32 Å². The van der Waals surface area contributed by atoms with Gasteiger partial charge in [-0.05, 0) is 24.6 Å². The number of carbonyl (C=O) groups is 1. The molecule has 2 aromatic rings. The molecular weight excluding hydrogens is 228 g/mol. The third-order valence-electron chi connectivity index (χ3n) is 2.61. The van der Waals surface area contributed by atoms with Crippen molar-refractivity contribution in [3.05, 3.63) is 47.3 Å². The topological polar surface area (TPSA) is 55.1 Å². The molecular formula is C14H16N2O2. The van der Waals surface area contributed by atoms with Gasteiger partial charge in [-0.25, -0.2) is 0 Å². The number of aryl methyl sites for hydroxylation is 1. The summed E-state index contributed by atoms with van der Waals surface area (Å²) >= 11 is 0. The van der Waals surface area contributed by atoms with Crippen LogP contribution >= 0.6 is 0 Å². The van der Waals surface area contributed by atoms with Crippen LogP contribution in [0.4, 0.5) is 5.69 Å². The molecule has 1 N–H and O–H groups in total. The lowest BCUT2D eigenvalue weighted by molar-refractivity contribution is 0.101. The van der Waals surface area contributed by atoms with E-state index in [-0.39, 0.29) is 11.8 Å². The number of carbonyl (C=O) groups excluding carboxylic acids is 1. The Morgan fingerprint density at radius 1 is 1.33 bits per heavy atom. The number of benzene rings is 1. The van der Waals surface area contributed by atoms with Gasteiger partial charge in [0.25, 0.3) is 5.91 Å². The summed E-state index contributed by atoms with van der Waals surface area (Å²) in [7, 11) is 0. The van der Waals surface area contributed by atoms with Crippen LogP contribution in [0.15, 0.2) is 34.9 Å². The summed E-state index contributed by atoms with van der Waals surface area (Å²) in [6, 6.07) is 9.29. The highest BCUT2D eigenvalue weighted by atomic mass is 16.5. The summed E-state index contributed by atoms with van der Waals surface area (Å²) in [6.45, 7) is 5.95. The Morgan fingerprint density at radius 3 is 2.72 bits per heavy atom. The average molecular weight is 244 g/mol. The van der Waals surface area contributed by atoms with Crippen LogP contribution in [0.25, 0.3) is 0 Å². The first-order valence-corrected chi connectivity index (χ1v) is 5.91. The zero-order valence-electron chi connectivity index (χ0n) is 10.7. The van der Waals surface area contributed by atoms with E-state index in [2.05, 4.69) is 10.5 Å². The third kappa shape index (κ3) is 2.77. The highest BCUT2D eigenvalue weighted by molar-refractivity contribution is 6.02. The van der Waals surface area contributed by atoms with Crippen LogP contribution in [0.3, 0.4) is 0 Å². The number of aromatic nitrogens is 1. The van der Waals surface area contributed by atoms with E-state index in [1.165, 1.54) is 0 Å². The van der Waals surface area contributed by atoms with Crippen LogP contribution in [-0.2, 0) is 0 Å². The van der Waals surface area contributed by atoms with Crippen LogP contribution in [-0.4, -0.2) is 11.1 Å². The second-order valence-electron chi connectivity index (χ2n) is 4.59. The fraction of sp³-hybridized carbons (Fsp3) is 0.286. The molecule has 0 aliphatic rings. The number of rotatable bonds is 3. The van der Waals surface area contributed by atoms with E-state index in [9.17, 15) is 4.79 Å². The molecule has 0 atom stereocenters. The second-order valence-corrected chi connectivity index (χ2v) is 4.59. The molecule has 1 heterocycles. The van der Waals surface area contributed by atoms with Crippen molar-refractivity contribution >= 4 is 11.6 Å². The molecule has 0 aliphatic carbocycles. The smallest absolute Gasteiger partial charge is 0.277 e. The normalized spacial score (nSPS) is 10.7. The second kappa shape index (κ2) is 5.04. The zero-order valence-corrected chi connectivity index (χ0v) is 10.7. The summed E-state index contributed by atoms with van der Waals surface area (Å²) in [6.07, 6.45) is 0. The fourth-order valence-electron chi connectivity index (χ4n) is 1.59. The van der Waals surface area contributed by atoms with Crippen molar-refractivity contribution in [1.29, 1.82) is 0 Å². The minimum absolute atomic E-state index is 0.220. The monoisotopic (exact) mass is 244 g/mol. The molecule has 2 rings (SSSR count). The van der Waals surface area contributed by atoms with Crippen LogP contribution in [0.5, 0.6) is 0 Å².